The number of imide groups is 1. The second-order valence-electron chi connectivity index (χ2n) is 6.27. The van der Waals surface area contributed by atoms with Gasteiger partial charge in [0.1, 0.15) is 5.70 Å². The van der Waals surface area contributed by atoms with E-state index in [1.54, 1.807) is 36.4 Å². The molecule has 0 fully saturated rings. The number of hydrogen-bond donors (Lipinski definition) is 2. The van der Waals surface area contributed by atoms with Crippen molar-refractivity contribution in [3.8, 4) is 0 Å². The van der Waals surface area contributed by atoms with Gasteiger partial charge >= 0.3 is 0 Å². The van der Waals surface area contributed by atoms with Crippen LogP contribution in [-0.2, 0) is 14.4 Å². The SMILES string of the molecule is CC(=O)Nc1ccc(C2=C(Nc3ccc(C)c(Cl)c3)C(=O)N(C)C2=O)cc1. The highest BCUT2D eigenvalue weighted by atomic mass is 35.5. The highest BCUT2D eigenvalue weighted by Crippen LogP contribution is 2.31. The molecule has 0 saturated heterocycles. The zero-order chi connectivity index (χ0) is 19.7. The fraction of sp³-hybridized carbons (Fsp3) is 0.150. The highest BCUT2D eigenvalue weighted by Gasteiger charge is 2.36. The molecule has 0 aliphatic carbocycles. The van der Waals surface area contributed by atoms with Crippen molar-refractivity contribution in [2.75, 3.05) is 17.7 Å². The number of anilines is 2. The first-order valence-electron chi connectivity index (χ1n) is 8.26. The Balaban J connectivity index is 2.01. The first-order valence-corrected chi connectivity index (χ1v) is 8.63. The molecule has 0 saturated carbocycles. The normalized spacial score (nSPS) is 14.0. The summed E-state index contributed by atoms with van der Waals surface area (Å²) in [6, 6.07) is 12.1. The fourth-order valence-corrected chi connectivity index (χ4v) is 2.94. The van der Waals surface area contributed by atoms with E-state index in [9.17, 15) is 14.4 Å². The summed E-state index contributed by atoms with van der Waals surface area (Å²) in [7, 11) is 1.44. The lowest BCUT2D eigenvalue weighted by atomic mass is 10.0. The maximum atomic E-state index is 12.6. The molecule has 0 radical (unpaired) electrons. The molecule has 7 heteroatoms. The van der Waals surface area contributed by atoms with E-state index in [2.05, 4.69) is 10.6 Å². The number of likely N-dealkylation sites (N-methyl/N-ethyl adjacent to an activating group) is 1. The van der Waals surface area contributed by atoms with Gasteiger partial charge in [-0.1, -0.05) is 29.8 Å². The number of hydrogen-bond acceptors (Lipinski definition) is 4. The Morgan fingerprint density at radius 1 is 1.00 bits per heavy atom. The van der Waals surface area contributed by atoms with Gasteiger partial charge in [0.15, 0.2) is 0 Å². The predicted octanol–water partition coefficient (Wildman–Crippen LogP) is 3.43. The van der Waals surface area contributed by atoms with E-state index in [0.717, 1.165) is 10.5 Å². The van der Waals surface area contributed by atoms with Gasteiger partial charge in [-0.3, -0.25) is 19.3 Å². The maximum absolute atomic E-state index is 12.6. The molecule has 0 bridgehead atoms. The maximum Gasteiger partial charge on any atom is 0.277 e. The Bertz CT molecular complexity index is 980. The van der Waals surface area contributed by atoms with Crippen molar-refractivity contribution in [1.82, 2.24) is 4.90 Å². The molecular weight excluding hydrogens is 366 g/mol. The van der Waals surface area contributed by atoms with Crippen LogP contribution < -0.4 is 10.6 Å². The van der Waals surface area contributed by atoms with Crippen LogP contribution in [0.1, 0.15) is 18.1 Å². The Hall–Kier alpha value is -3.12. The Labute approximate surface area is 161 Å². The Kier molecular flexibility index (Phi) is 5.01. The van der Waals surface area contributed by atoms with Crippen LogP contribution in [0.25, 0.3) is 5.57 Å². The molecule has 3 rings (SSSR count). The van der Waals surface area contributed by atoms with E-state index in [4.69, 9.17) is 11.6 Å². The van der Waals surface area contributed by atoms with Crippen molar-refractivity contribution in [3.63, 3.8) is 0 Å². The summed E-state index contributed by atoms with van der Waals surface area (Å²) < 4.78 is 0. The number of benzene rings is 2. The Morgan fingerprint density at radius 3 is 2.22 bits per heavy atom. The van der Waals surface area contributed by atoms with Gasteiger partial charge < -0.3 is 10.6 Å². The van der Waals surface area contributed by atoms with Crippen LogP contribution in [0.15, 0.2) is 48.2 Å². The number of carbonyl (C=O) groups is 3. The second kappa shape index (κ2) is 7.25. The largest absolute Gasteiger partial charge is 0.350 e. The highest BCUT2D eigenvalue weighted by molar-refractivity contribution is 6.36. The lowest BCUT2D eigenvalue weighted by Gasteiger charge is -2.10. The van der Waals surface area contributed by atoms with Gasteiger partial charge in [0.05, 0.1) is 5.57 Å². The summed E-state index contributed by atoms with van der Waals surface area (Å²) in [5.41, 5.74) is 3.17. The lowest BCUT2D eigenvalue weighted by molar-refractivity contribution is -0.135. The van der Waals surface area contributed by atoms with Crippen LogP contribution in [0, 0.1) is 6.92 Å². The van der Waals surface area contributed by atoms with E-state index in [-0.39, 0.29) is 17.2 Å². The van der Waals surface area contributed by atoms with E-state index < -0.39 is 11.8 Å². The summed E-state index contributed by atoms with van der Waals surface area (Å²) in [6.45, 7) is 3.30. The summed E-state index contributed by atoms with van der Waals surface area (Å²) in [4.78, 5) is 37.4. The van der Waals surface area contributed by atoms with Gasteiger partial charge in [0.25, 0.3) is 11.8 Å². The topological polar surface area (TPSA) is 78.5 Å². The summed E-state index contributed by atoms with van der Waals surface area (Å²) in [5.74, 6) is -1.00. The minimum atomic E-state index is -0.419. The van der Waals surface area contributed by atoms with Crippen molar-refractivity contribution in [2.24, 2.45) is 0 Å². The third-order valence-electron chi connectivity index (χ3n) is 4.22. The number of nitrogens with one attached hydrogen (secondary N) is 2. The fourth-order valence-electron chi connectivity index (χ4n) is 2.76. The van der Waals surface area contributed by atoms with E-state index in [1.807, 2.05) is 13.0 Å². The number of amides is 3. The van der Waals surface area contributed by atoms with Crippen molar-refractivity contribution >= 4 is 46.3 Å². The molecule has 0 spiro atoms. The zero-order valence-electron chi connectivity index (χ0n) is 15.1. The van der Waals surface area contributed by atoms with Crippen LogP contribution in [0.2, 0.25) is 5.02 Å². The molecule has 3 amide bonds. The van der Waals surface area contributed by atoms with Gasteiger partial charge in [0, 0.05) is 30.4 Å². The molecular formula is C20H18ClN3O3. The second-order valence-corrected chi connectivity index (χ2v) is 6.67. The molecule has 138 valence electrons. The third kappa shape index (κ3) is 3.71. The minimum absolute atomic E-state index is 0.188. The molecule has 1 aliphatic heterocycles. The van der Waals surface area contributed by atoms with Gasteiger partial charge in [-0.15, -0.1) is 0 Å². The molecule has 2 N–H and O–H groups in total. The molecule has 0 unspecified atom stereocenters. The average molecular weight is 384 g/mol. The van der Waals surface area contributed by atoms with Gasteiger partial charge in [-0.2, -0.15) is 0 Å². The number of rotatable bonds is 4. The van der Waals surface area contributed by atoms with E-state index >= 15 is 0 Å². The van der Waals surface area contributed by atoms with Crippen LogP contribution in [0.4, 0.5) is 11.4 Å². The number of halogens is 1. The smallest absolute Gasteiger partial charge is 0.277 e. The number of nitrogens with zero attached hydrogens (tertiary/aromatic N) is 1. The van der Waals surface area contributed by atoms with Crippen LogP contribution in [0.5, 0.6) is 0 Å². The quantitative estimate of drug-likeness (QED) is 0.793. The van der Waals surface area contributed by atoms with Gasteiger partial charge in [-0.25, -0.2) is 0 Å². The number of carbonyl (C=O) groups excluding carboxylic acids is 3. The standard InChI is InChI=1S/C20H18ClN3O3/c1-11-4-7-15(10-16(11)21)23-18-17(19(26)24(3)20(18)27)13-5-8-14(9-6-13)22-12(2)25/h4-10,23H,1-3H3,(H,22,25). The predicted molar refractivity (Wildman–Crippen MR) is 105 cm³/mol. The summed E-state index contributed by atoms with van der Waals surface area (Å²) >= 11 is 6.15. The van der Waals surface area contributed by atoms with Gasteiger partial charge in [-0.05, 0) is 42.3 Å². The first kappa shape index (κ1) is 18.7. The monoisotopic (exact) mass is 383 g/mol. The summed E-state index contributed by atoms with van der Waals surface area (Å²) in [6.07, 6.45) is 0. The molecule has 2 aromatic rings. The van der Waals surface area contributed by atoms with Crippen molar-refractivity contribution < 1.29 is 14.4 Å². The third-order valence-corrected chi connectivity index (χ3v) is 4.63. The number of aryl methyl sites for hydroxylation is 1. The zero-order valence-corrected chi connectivity index (χ0v) is 15.8. The van der Waals surface area contributed by atoms with Crippen LogP contribution in [0.3, 0.4) is 0 Å². The van der Waals surface area contributed by atoms with Crippen molar-refractivity contribution in [2.45, 2.75) is 13.8 Å². The molecule has 1 aliphatic rings. The molecule has 0 aromatic heterocycles. The lowest BCUT2D eigenvalue weighted by Crippen LogP contribution is -2.27. The van der Waals surface area contributed by atoms with Crippen molar-refractivity contribution in [3.05, 3.63) is 64.3 Å². The van der Waals surface area contributed by atoms with Crippen LogP contribution >= 0.6 is 11.6 Å². The summed E-state index contributed by atoms with van der Waals surface area (Å²) in [5, 5.41) is 6.26. The first-order chi connectivity index (χ1) is 12.8. The minimum Gasteiger partial charge on any atom is -0.350 e. The van der Waals surface area contributed by atoms with Gasteiger partial charge in [0.2, 0.25) is 5.91 Å². The molecule has 27 heavy (non-hydrogen) atoms. The van der Waals surface area contributed by atoms with Crippen molar-refractivity contribution in [1.29, 1.82) is 0 Å². The molecule has 0 atom stereocenters. The van der Waals surface area contributed by atoms with Crippen LogP contribution in [-0.4, -0.2) is 29.7 Å². The molecule has 2 aromatic carbocycles. The molecule has 1 heterocycles. The molecule has 6 nitrogen and oxygen atoms in total. The van der Waals surface area contributed by atoms with E-state index in [1.165, 1.54) is 14.0 Å². The van der Waals surface area contributed by atoms with E-state index in [0.29, 0.717) is 22.0 Å². The average Bonchev–Trinajstić information content (AvgIpc) is 2.83. The Morgan fingerprint density at radius 2 is 1.63 bits per heavy atom.